The van der Waals surface area contributed by atoms with Crippen molar-refractivity contribution in [1.82, 2.24) is 4.90 Å². The predicted molar refractivity (Wildman–Crippen MR) is 87.1 cm³/mol. The summed E-state index contributed by atoms with van der Waals surface area (Å²) < 4.78 is 0. The van der Waals surface area contributed by atoms with Gasteiger partial charge in [-0.2, -0.15) is 0 Å². The maximum absolute atomic E-state index is 12.3. The third-order valence-electron chi connectivity index (χ3n) is 4.23. The monoisotopic (exact) mass is 340 g/mol. The minimum Gasteiger partial charge on any atom is -0.342 e. The Morgan fingerprint density at radius 2 is 1.55 bits per heavy atom. The Balaban J connectivity index is 1.54. The molecular weight excluding hydrogens is 323 g/mol. The van der Waals surface area contributed by atoms with Gasteiger partial charge in [0.25, 0.3) is 0 Å². The van der Waals surface area contributed by atoms with Crippen molar-refractivity contribution in [1.29, 1.82) is 0 Å². The van der Waals surface area contributed by atoms with Gasteiger partial charge in [-0.25, -0.2) is 0 Å². The number of hydrogen-bond donors (Lipinski definition) is 1. The molecule has 1 aromatic rings. The van der Waals surface area contributed by atoms with E-state index in [1.807, 2.05) is 4.90 Å². The Kier molecular flexibility index (Phi) is 4.59. The number of nitrogens with zero attached hydrogens (tertiary/aromatic N) is 1. The lowest BCUT2D eigenvalue weighted by molar-refractivity contribution is -0.135. The molecule has 0 bridgehead atoms. The molecule has 1 saturated carbocycles. The summed E-state index contributed by atoms with van der Waals surface area (Å²) >= 11 is 11.9. The van der Waals surface area contributed by atoms with Gasteiger partial charge >= 0.3 is 0 Å². The van der Waals surface area contributed by atoms with Gasteiger partial charge in [-0.3, -0.25) is 9.59 Å². The van der Waals surface area contributed by atoms with Crippen LogP contribution in [0.2, 0.25) is 10.0 Å². The van der Waals surface area contributed by atoms with Gasteiger partial charge in [0.05, 0.1) is 0 Å². The number of anilines is 1. The van der Waals surface area contributed by atoms with Crippen molar-refractivity contribution in [3.05, 3.63) is 28.2 Å². The van der Waals surface area contributed by atoms with E-state index in [0.717, 1.165) is 12.8 Å². The fraction of sp³-hybridized carbons (Fsp3) is 0.500. The quantitative estimate of drug-likeness (QED) is 0.914. The van der Waals surface area contributed by atoms with Gasteiger partial charge in [-0.05, 0) is 43.9 Å². The van der Waals surface area contributed by atoms with E-state index in [2.05, 4.69) is 5.32 Å². The molecule has 2 aliphatic rings. The lowest BCUT2D eigenvalue weighted by atomic mass is 9.95. The highest BCUT2D eigenvalue weighted by atomic mass is 35.5. The molecule has 1 aliphatic heterocycles. The van der Waals surface area contributed by atoms with Crippen LogP contribution in [0.3, 0.4) is 0 Å². The Morgan fingerprint density at radius 3 is 2.09 bits per heavy atom. The SMILES string of the molecule is O=C(Nc1cc(Cl)cc(Cl)c1)C1CCN(C(=O)C2CC2)CC1. The van der Waals surface area contributed by atoms with Gasteiger partial charge < -0.3 is 10.2 Å². The molecule has 2 amide bonds. The summed E-state index contributed by atoms with van der Waals surface area (Å²) in [6.07, 6.45) is 3.46. The average molecular weight is 341 g/mol. The topological polar surface area (TPSA) is 49.4 Å². The van der Waals surface area contributed by atoms with Crippen LogP contribution in [0, 0.1) is 11.8 Å². The number of likely N-dealkylation sites (tertiary alicyclic amines) is 1. The van der Waals surface area contributed by atoms with Crippen LogP contribution in [0.15, 0.2) is 18.2 Å². The fourth-order valence-electron chi connectivity index (χ4n) is 2.82. The zero-order valence-corrected chi connectivity index (χ0v) is 13.7. The third kappa shape index (κ3) is 3.73. The Morgan fingerprint density at radius 1 is 0.955 bits per heavy atom. The van der Waals surface area contributed by atoms with Crippen LogP contribution in [0.4, 0.5) is 5.69 Å². The number of carbonyl (C=O) groups is 2. The predicted octanol–water partition coefficient (Wildman–Crippen LogP) is 3.58. The summed E-state index contributed by atoms with van der Waals surface area (Å²) in [5.41, 5.74) is 0.610. The van der Waals surface area contributed by atoms with Crippen LogP contribution in [-0.2, 0) is 9.59 Å². The van der Waals surface area contributed by atoms with Gasteiger partial charge in [0.15, 0.2) is 0 Å². The molecule has 4 nitrogen and oxygen atoms in total. The second-order valence-corrected chi connectivity index (χ2v) is 6.89. The van der Waals surface area contributed by atoms with Gasteiger partial charge in [-0.15, -0.1) is 0 Å². The summed E-state index contributed by atoms with van der Waals surface area (Å²) in [7, 11) is 0. The highest BCUT2D eigenvalue weighted by Gasteiger charge is 2.35. The largest absolute Gasteiger partial charge is 0.342 e. The zero-order valence-electron chi connectivity index (χ0n) is 12.1. The third-order valence-corrected chi connectivity index (χ3v) is 4.67. The standard InChI is InChI=1S/C16H18Cl2N2O2/c17-12-7-13(18)9-14(8-12)19-15(21)10-3-5-20(6-4-10)16(22)11-1-2-11/h7-11H,1-6H2,(H,19,21). The second kappa shape index (κ2) is 6.47. The maximum Gasteiger partial charge on any atom is 0.227 e. The molecule has 1 aliphatic carbocycles. The summed E-state index contributed by atoms with van der Waals surface area (Å²) in [6, 6.07) is 4.98. The van der Waals surface area contributed by atoms with E-state index in [9.17, 15) is 9.59 Å². The number of rotatable bonds is 3. The summed E-state index contributed by atoms with van der Waals surface area (Å²) in [4.78, 5) is 26.2. The van der Waals surface area contributed by atoms with Crippen LogP contribution in [0.1, 0.15) is 25.7 Å². The fourth-order valence-corrected chi connectivity index (χ4v) is 3.35. The van der Waals surface area contributed by atoms with Crippen LogP contribution in [0.5, 0.6) is 0 Å². The summed E-state index contributed by atoms with van der Waals surface area (Å²) in [6.45, 7) is 1.34. The van der Waals surface area contributed by atoms with Crippen molar-refractivity contribution in [3.63, 3.8) is 0 Å². The Hall–Kier alpha value is -1.26. The maximum atomic E-state index is 12.3. The van der Waals surface area contributed by atoms with E-state index in [-0.39, 0.29) is 23.7 Å². The summed E-state index contributed by atoms with van der Waals surface area (Å²) in [5.74, 6) is 0.414. The van der Waals surface area contributed by atoms with Crippen LogP contribution in [0.25, 0.3) is 0 Å². The smallest absolute Gasteiger partial charge is 0.227 e. The van der Waals surface area contributed by atoms with Gasteiger partial charge in [0, 0.05) is 40.7 Å². The lowest BCUT2D eigenvalue weighted by Crippen LogP contribution is -2.42. The highest BCUT2D eigenvalue weighted by molar-refractivity contribution is 6.35. The van der Waals surface area contributed by atoms with Crippen molar-refractivity contribution < 1.29 is 9.59 Å². The molecule has 1 saturated heterocycles. The first-order chi connectivity index (χ1) is 10.5. The first-order valence-corrected chi connectivity index (χ1v) is 8.34. The molecule has 1 heterocycles. The molecule has 22 heavy (non-hydrogen) atoms. The Labute approximate surface area is 139 Å². The van der Waals surface area contributed by atoms with Crippen molar-refractivity contribution in [2.75, 3.05) is 18.4 Å². The van der Waals surface area contributed by atoms with Gasteiger partial charge in [0.2, 0.25) is 11.8 Å². The van der Waals surface area contributed by atoms with Crippen LogP contribution in [-0.4, -0.2) is 29.8 Å². The number of piperidine rings is 1. The molecule has 0 atom stereocenters. The highest BCUT2D eigenvalue weighted by Crippen LogP contribution is 2.32. The number of halogens is 2. The van der Waals surface area contributed by atoms with Crippen molar-refractivity contribution >= 4 is 40.7 Å². The van der Waals surface area contributed by atoms with E-state index < -0.39 is 0 Å². The molecule has 3 rings (SSSR count). The average Bonchev–Trinajstić information content (AvgIpc) is 3.30. The van der Waals surface area contributed by atoms with Gasteiger partial charge in [0.1, 0.15) is 0 Å². The molecule has 6 heteroatoms. The van der Waals surface area contributed by atoms with Crippen molar-refractivity contribution in [2.45, 2.75) is 25.7 Å². The number of benzene rings is 1. The van der Waals surface area contributed by atoms with E-state index in [1.54, 1.807) is 18.2 Å². The molecule has 0 radical (unpaired) electrons. The van der Waals surface area contributed by atoms with E-state index in [0.29, 0.717) is 41.7 Å². The first-order valence-electron chi connectivity index (χ1n) is 7.58. The Bertz CT molecular complexity index is 574. The lowest BCUT2D eigenvalue weighted by Gasteiger charge is -2.31. The van der Waals surface area contributed by atoms with E-state index in [1.165, 1.54) is 0 Å². The molecule has 0 aromatic heterocycles. The van der Waals surface area contributed by atoms with E-state index in [4.69, 9.17) is 23.2 Å². The molecule has 118 valence electrons. The zero-order chi connectivity index (χ0) is 15.7. The number of carbonyl (C=O) groups excluding carboxylic acids is 2. The molecular formula is C16H18Cl2N2O2. The van der Waals surface area contributed by atoms with Gasteiger partial charge in [-0.1, -0.05) is 23.2 Å². The molecule has 1 N–H and O–H groups in total. The number of nitrogens with one attached hydrogen (secondary N) is 1. The number of amides is 2. The van der Waals surface area contributed by atoms with Crippen molar-refractivity contribution in [2.24, 2.45) is 11.8 Å². The van der Waals surface area contributed by atoms with Crippen molar-refractivity contribution in [3.8, 4) is 0 Å². The van der Waals surface area contributed by atoms with Crippen LogP contribution < -0.4 is 5.32 Å². The normalized spacial score (nSPS) is 19.1. The molecule has 0 unspecified atom stereocenters. The first kappa shape index (κ1) is 15.6. The minimum absolute atomic E-state index is 0.0307. The second-order valence-electron chi connectivity index (χ2n) is 6.02. The van der Waals surface area contributed by atoms with E-state index >= 15 is 0 Å². The molecule has 0 spiro atoms. The summed E-state index contributed by atoms with van der Waals surface area (Å²) in [5, 5.41) is 3.85. The molecule has 1 aromatic carbocycles. The van der Waals surface area contributed by atoms with Crippen LogP contribution >= 0.6 is 23.2 Å². The molecule has 2 fully saturated rings. The minimum atomic E-state index is -0.0685. The number of hydrogen-bond acceptors (Lipinski definition) is 2.